The van der Waals surface area contributed by atoms with Crippen LogP contribution in [0.3, 0.4) is 0 Å². The molecular formula is C13H15BrN2O5. The molecule has 0 bridgehead atoms. The molecule has 8 heteroatoms. The molecule has 0 aliphatic carbocycles. The summed E-state index contributed by atoms with van der Waals surface area (Å²) in [5.41, 5.74) is 1.94. The highest BCUT2D eigenvalue weighted by Gasteiger charge is 2.38. The lowest BCUT2D eigenvalue weighted by Gasteiger charge is -2.39. The van der Waals surface area contributed by atoms with Crippen molar-refractivity contribution in [2.24, 2.45) is 0 Å². The van der Waals surface area contributed by atoms with Crippen LogP contribution in [0.25, 0.3) is 0 Å². The van der Waals surface area contributed by atoms with Gasteiger partial charge >= 0.3 is 0 Å². The van der Waals surface area contributed by atoms with Crippen LogP contribution in [0.5, 0.6) is 11.5 Å². The number of halogens is 1. The first kappa shape index (κ1) is 15.6. The van der Waals surface area contributed by atoms with E-state index < -0.39 is 11.9 Å². The van der Waals surface area contributed by atoms with Crippen molar-refractivity contribution < 1.29 is 24.3 Å². The molecule has 1 atom stereocenters. The summed E-state index contributed by atoms with van der Waals surface area (Å²) in [7, 11) is 2.98. The minimum absolute atomic E-state index is 0.309. The second-order valence-corrected chi connectivity index (χ2v) is 5.33. The summed E-state index contributed by atoms with van der Waals surface area (Å²) >= 11 is 3.32. The fraction of sp³-hybridized carbons (Fsp3) is 0.385. The Morgan fingerprint density at radius 1 is 1.38 bits per heavy atom. The molecule has 1 aromatic rings. The fourth-order valence-corrected chi connectivity index (χ4v) is 2.79. The third-order valence-electron chi connectivity index (χ3n) is 3.37. The number of hydrogen-bond acceptors (Lipinski definition) is 5. The zero-order valence-corrected chi connectivity index (χ0v) is 13.1. The Balaban J connectivity index is 2.28. The quantitative estimate of drug-likeness (QED) is 0.623. The van der Waals surface area contributed by atoms with Crippen molar-refractivity contribution in [2.45, 2.75) is 12.5 Å². The maximum absolute atomic E-state index is 12.4. The molecular weight excluding hydrogens is 344 g/mol. The molecule has 0 spiro atoms. The van der Waals surface area contributed by atoms with E-state index >= 15 is 0 Å². The van der Waals surface area contributed by atoms with Gasteiger partial charge in [-0.05, 0) is 34.5 Å². The number of nitrogens with zero attached hydrogens (tertiary/aromatic N) is 1. The SMILES string of the molecule is COc1cc(C(=O)N2CC[C@@H]2C(=O)NO)cc(Br)c1OC. The minimum Gasteiger partial charge on any atom is -0.493 e. The molecule has 2 amide bonds. The summed E-state index contributed by atoms with van der Waals surface area (Å²) in [5, 5.41) is 8.65. The Morgan fingerprint density at radius 2 is 2.10 bits per heavy atom. The van der Waals surface area contributed by atoms with Gasteiger partial charge in [-0.25, -0.2) is 5.48 Å². The van der Waals surface area contributed by atoms with E-state index in [0.29, 0.717) is 34.5 Å². The zero-order chi connectivity index (χ0) is 15.6. The monoisotopic (exact) mass is 358 g/mol. The first-order valence-electron chi connectivity index (χ1n) is 6.20. The topological polar surface area (TPSA) is 88.1 Å². The van der Waals surface area contributed by atoms with Crippen LogP contribution >= 0.6 is 15.9 Å². The van der Waals surface area contributed by atoms with Gasteiger partial charge in [0.1, 0.15) is 6.04 Å². The lowest BCUT2D eigenvalue weighted by atomic mass is 10.0. The Kier molecular flexibility index (Phi) is 4.69. The van der Waals surface area contributed by atoms with Gasteiger partial charge in [0.05, 0.1) is 18.7 Å². The van der Waals surface area contributed by atoms with Gasteiger partial charge in [-0.15, -0.1) is 0 Å². The van der Waals surface area contributed by atoms with Crippen LogP contribution in [0.2, 0.25) is 0 Å². The number of ether oxygens (including phenoxy) is 2. The average molecular weight is 359 g/mol. The molecule has 114 valence electrons. The number of nitrogens with one attached hydrogen (secondary N) is 1. The van der Waals surface area contributed by atoms with E-state index in [1.165, 1.54) is 19.1 Å². The molecule has 1 aliphatic rings. The molecule has 0 radical (unpaired) electrons. The van der Waals surface area contributed by atoms with Gasteiger partial charge in [0.15, 0.2) is 11.5 Å². The standard InChI is InChI=1S/C13H15BrN2O5/c1-20-10-6-7(5-8(14)11(10)21-2)13(18)16-4-3-9(16)12(17)15-19/h5-6,9,19H,3-4H2,1-2H3,(H,15,17)/t9-/m1/s1. The Bertz CT molecular complexity index is 578. The molecule has 1 saturated heterocycles. The van der Waals surface area contributed by atoms with Gasteiger partial charge in [0.25, 0.3) is 11.8 Å². The molecule has 1 aliphatic heterocycles. The van der Waals surface area contributed by atoms with E-state index in [2.05, 4.69) is 15.9 Å². The second kappa shape index (κ2) is 6.31. The lowest BCUT2D eigenvalue weighted by molar-refractivity contribution is -0.137. The molecule has 2 rings (SSSR count). The Labute approximate surface area is 129 Å². The van der Waals surface area contributed by atoms with Gasteiger partial charge < -0.3 is 14.4 Å². The second-order valence-electron chi connectivity index (χ2n) is 4.47. The van der Waals surface area contributed by atoms with Crippen LogP contribution in [0.4, 0.5) is 0 Å². The van der Waals surface area contributed by atoms with Crippen LogP contribution in [0, 0.1) is 0 Å². The molecule has 7 nitrogen and oxygen atoms in total. The van der Waals surface area contributed by atoms with Crippen molar-refractivity contribution in [3.05, 3.63) is 22.2 Å². The van der Waals surface area contributed by atoms with Gasteiger partial charge in [0.2, 0.25) is 0 Å². The van der Waals surface area contributed by atoms with Crippen molar-refractivity contribution in [3.63, 3.8) is 0 Å². The van der Waals surface area contributed by atoms with Crippen molar-refractivity contribution >= 4 is 27.7 Å². The highest BCUT2D eigenvalue weighted by molar-refractivity contribution is 9.10. The van der Waals surface area contributed by atoms with Crippen molar-refractivity contribution in [1.82, 2.24) is 10.4 Å². The summed E-state index contributed by atoms with van der Waals surface area (Å²) in [6.45, 7) is 0.461. The van der Waals surface area contributed by atoms with Gasteiger partial charge in [-0.3, -0.25) is 14.8 Å². The van der Waals surface area contributed by atoms with E-state index in [1.54, 1.807) is 17.6 Å². The summed E-state index contributed by atoms with van der Waals surface area (Å²) in [4.78, 5) is 25.2. The molecule has 1 fully saturated rings. The van der Waals surface area contributed by atoms with Crippen molar-refractivity contribution in [1.29, 1.82) is 0 Å². The average Bonchev–Trinajstić information content (AvgIpc) is 2.44. The fourth-order valence-electron chi connectivity index (χ4n) is 2.18. The number of benzene rings is 1. The summed E-state index contributed by atoms with van der Waals surface area (Å²) in [6.07, 6.45) is 0.520. The van der Waals surface area contributed by atoms with Gasteiger partial charge in [0, 0.05) is 12.1 Å². The third kappa shape index (κ3) is 2.81. The maximum Gasteiger partial charge on any atom is 0.266 e. The largest absolute Gasteiger partial charge is 0.493 e. The molecule has 1 heterocycles. The van der Waals surface area contributed by atoms with E-state index in [1.807, 2.05) is 0 Å². The van der Waals surface area contributed by atoms with Crippen LogP contribution in [-0.4, -0.2) is 48.7 Å². The molecule has 0 unspecified atom stereocenters. The van der Waals surface area contributed by atoms with Gasteiger partial charge in [-0.1, -0.05) is 0 Å². The van der Waals surface area contributed by atoms with E-state index in [-0.39, 0.29) is 5.91 Å². The molecule has 2 N–H and O–H groups in total. The van der Waals surface area contributed by atoms with Crippen LogP contribution < -0.4 is 15.0 Å². The maximum atomic E-state index is 12.4. The van der Waals surface area contributed by atoms with Gasteiger partial charge in [-0.2, -0.15) is 0 Å². The molecule has 0 aromatic heterocycles. The molecule has 0 saturated carbocycles. The number of amides is 2. The van der Waals surface area contributed by atoms with Crippen LogP contribution in [0.15, 0.2) is 16.6 Å². The Morgan fingerprint density at radius 3 is 2.57 bits per heavy atom. The number of carbonyl (C=O) groups excluding carboxylic acids is 2. The third-order valence-corrected chi connectivity index (χ3v) is 3.96. The number of hydrogen-bond donors (Lipinski definition) is 2. The first-order chi connectivity index (χ1) is 10.0. The minimum atomic E-state index is -0.644. The number of rotatable bonds is 4. The van der Waals surface area contributed by atoms with E-state index in [9.17, 15) is 9.59 Å². The predicted molar refractivity (Wildman–Crippen MR) is 76.6 cm³/mol. The lowest BCUT2D eigenvalue weighted by Crippen LogP contribution is -2.57. The zero-order valence-electron chi connectivity index (χ0n) is 11.6. The Hall–Kier alpha value is -1.80. The highest BCUT2D eigenvalue weighted by Crippen LogP contribution is 2.37. The highest BCUT2D eigenvalue weighted by atomic mass is 79.9. The van der Waals surface area contributed by atoms with Crippen molar-refractivity contribution in [2.75, 3.05) is 20.8 Å². The van der Waals surface area contributed by atoms with E-state index in [0.717, 1.165) is 0 Å². The molecule has 1 aromatic carbocycles. The smallest absolute Gasteiger partial charge is 0.266 e. The summed E-state index contributed by atoms with van der Waals surface area (Å²) in [6, 6.07) is 2.52. The molecule has 21 heavy (non-hydrogen) atoms. The first-order valence-corrected chi connectivity index (χ1v) is 6.99. The number of hydroxylamine groups is 1. The van der Waals surface area contributed by atoms with Crippen LogP contribution in [0.1, 0.15) is 16.8 Å². The van der Waals surface area contributed by atoms with Crippen molar-refractivity contribution in [3.8, 4) is 11.5 Å². The van der Waals surface area contributed by atoms with E-state index in [4.69, 9.17) is 14.7 Å². The number of likely N-dealkylation sites (tertiary alicyclic amines) is 1. The summed E-state index contributed by atoms with van der Waals surface area (Å²) < 4.78 is 11.0. The number of carbonyl (C=O) groups is 2. The summed E-state index contributed by atoms with van der Waals surface area (Å²) in [5.74, 6) is 0.00636. The number of methoxy groups -OCH3 is 2. The normalized spacial score (nSPS) is 17.0. The predicted octanol–water partition coefficient (Wildman–Crippen LogP) is 1.19. The van der Waals surface area contributed by atoms with Crippen LogP contribution in [-0.2, 0) is 4.79 Å².